The quantitative estimate of drug-likeness (QED) is 0.367. The van der Waals surface area contributed by atoms with Crippen LogP contribution in [0, 0.1) is 0 Å². The zero-order valence-corrected chi connectivity index (χ0v) is 17.3. The van der Waals surface area contributed by atoms with Gasteiger partial charge in [-0.05, 0) is 48.5 Å². The van der Waals surface area contributed by atoms with Crippen molar-refractivity contribution in [1.29, 1.82) is 0 Å². The second-order valence-corrected chi connectivity index (χ2v) is 7.32. The molecule has 6 aromatic rings. The van der Waals surface area contributed by atoms with Gasteiger partial charge in [0.1, 0.15) is 0 Å². The summed E-state index contributed by atoms with van der Waals surface area (Å²) in [7, 11) is 0. The first-order valence-electron chi connectivity index (χ1n) is 10.4. The molecule has 156 valence electrons. The maximum atomic E-state index is 6.39. The van der Waals surface area contributed by atoms with Gasteiger partial charge in [0.15, 0.2) is 11.6 Å². The van der Waals surface area contributed by atoms with Crippen LogP contribution in [0.2, 0.25) is 0 Å². The lowest BCUT2D eigenvalue weighted by atomic mass is 10.2. The summed E-state index contributed by atoms with van der Waals surface area (Å²) >= 11 is 0. The zero-order valence-electron chi connectivity index (χ0n) is 17.3. The van der Waals surface area contributed by atoms with Crippen molar-refractivity contribution in [2.75, 3.05) is 0 Å². The molecule has 0 saturated carbocycles. The minimum absolute atomic E-state index is 0.417. The lowest BCUT2D eigenvalue weighted by Crippen LogP contribution is -2.00. The summed E-state index contributed by atoms with van der Waals surface area (Å²) in [6, 6.07) is 23.0. The number of para-hydroxylation sites is 2. The lowest BCUT2D eigenvalue weighted by Gasteiger charge is -2.12. The molecule has 0 aliphatic carbocycles. The third-order valence-corrected chi connectivity index (χ3v) is 5.17. The van der Waals surface area contributed by atoms with Crippen molar-refractivity contribution in [1.82, 2.24) is 29.9 Å². The monoisotopic (exact) mass is 428 g/mol. The van der Waals surface area contributed by atoms with Crippen LogP contribution >= 0.6 is 0 Å². The van der Waals surface area contributed by atoms with E-state index in [9.17, 15) is 0 Å². The van der Waals surface area contributed by atoms with Crippen LogP contribution in [-0.4, -0.2) is 29.9 Å². The van der Waals surface area contributed by atoms with Gasteiger partial charge in [0.05, 0.1) is 21.8 Å². The highest BCUT2D eigenvalue weighted by molar-refractivity contribution is 5.88. The molecule has 0 bridgehead atoms. The van der Waals surface area contributed by atoms with E-state index in [-0.39, 0.29) is 0 Å². The van der Waals surface area contributed by atoms with E-state index in [1.165, 1.54) is 0 Å². The zero-order chi connectivity index (χ0) is 22.0. The van der Waals surface area contributed by atoms with E-state index in [1.54, 1.807) is 24.8 Å². The molecule has 6 rings (SSSR count). The van der Waals surface area contributed by atoms with Crippen LogP contribution in [-0.2, 0) is 0 Å². The molecule has 0 fully saturated rings. The molecule has 0 unspecified atom stereocenters. The summed E-state index contributed by atoms with van der Waals surface area (Å²) in [5.74, 6) is 1.89. The van der Waals surface area contributed by atoms with Crippen LogP contribution in [0.4, 0.5) is 0 Å². The van der Waals surface area contributed by atoms with Gasteiger partial charge in [-0.15, -0.1) is 0 Å². The van der Waals surface area contributed by atoms with Gasteiger partial charge in [-0.3, -0.25) is 9.97 Å². The number of benzene rings is 2. The Morgan fingerprint density at radius 1 is 0.485 bits per heavy atom. The van der Waals surface area contributed by atoms with E-state index < -0.39 is 0 Å². The molecule has 33 heavy (non-hydrogen) atoms. The highest BCUT2D eigenvalue weighted by Crippen LogP contribution is 2.33. The van der Waals surface area contributed by atoms with E-state index >= 15 is 0 Å². The third-order valence-electron chi connectivity index (χ3n) is 5.17. The Bertz CT molecular complexity index is 1470. The van der Waals surface area contributed by atoms with Crippen LogP contribution in [0.5, 0.6) is 11.8 Å². The predicted molar refractivity (Wildman–Crippen MR) is 126 cm³/mol. The first kappa shape index (κ1) is 18.9. The van der Waals surface area contributed by atoms with Crippen molar-refractivity contribution >= 4 is 21.8 Å². The summed E-state index contributed by atoms with van der Waals surface area (Å²) in [5.41, 5.74) is 3.15. The Balaban J connectivity index is 1.55. The molecule has 2 aromatic carbocycles. The van der Waals surface area contributed by atoms with E-state index in [2.05, 4.69) is 9.97 Å². The minimum atomic E-state index is 0.417. The Hall–Kier alpha value is -4.78. The van der Waals surface area contributed by atoms with Gasteiger partial charge in [0.25, 0.3) is 0 Å². The van der Waals surface area contributed by atoms with Gasteiger partial charge in [0.2, 0.25) is 11.8 Å². The molecule has 4 heterocycles. The lowest BCUT2D eigenvalue weighted by molar-refractivity contribution is 0.456. The first-order chi connectivity index (χ1) is 16.3. The third kappa shape index (κ3) is 3.61. The molecule has 0 amide bonds. The van der Waals surface area contributed by atoms with Crippen LogP contribution in [0.3, 0.4) is 0 Å². The predicted octanol–water partition coefficient (Wildman–Crippen LogP) is 5.49. The average Bonchev–Trinajstić information content (AvgIpc) is 2.89. The number of hydrogen-bond donors (Lipinski definition) is 0. The molecule has 0 aliphatic heterocycles. The van der Waals surface area contributed by atoms with Gasteiger partial charge in [-0.1, -0.05) is 24.3 Å². The van der Waals surface area contributed by atoms with E-state index in [0.29, 0.717) is 23.4 Å². The van der Waals surface area contributed by atoms with Crippen molar-refractivity contribution in [3.8, 4) is 34.5 Å². The summed E-state index contributed by atoms with van der Waals surface area (Å²) in [6.45, 7) is 0. The topological polar surface area (TPSA) is 86.6 Å². The molecule has 0 radical (unpaired) electrons. The second kappa shape index (κ2) is 8.05. The van der Waals surface area contributed by atoms with Crippen LogP contribution in [0.1, 0.15) is 0 Å². The number of nitrogens with zero attached hydrogens (tertiary/aromatic N) is 6. The molecule has 7 heteroatoms. The average molecular weight is 428 g/mol. The number of fused-ring (bicyclic) bond motifs is 2. The van der Waals surface area contributed by atoms with Gasteiger partial charge in [0, 0.05) is 35.9 Å². The van der Waals surface area contributed by atoms with E-state index in [0.717, 1.165) is 32.9 Å². The van der Waals surface area contributed by atoms with Crippen molar-refractivity contribution in [3.05, 3.63) is 97.6 Å². The Morgan fingerprint density at radius 2 is 0.970 bits per heavy atom. The molecule has 0 atom stereocenters. The number of ether oxygens (including phenoxy) is 1. The molecule has 0 spiro atoms. The van der Waals surface area contributed by atoms with Crippen molar-refractivity contribution in [2.24, 2.45) is 0 Å². The summed E-state index contributed by atoms with van der Waals surface area (Å²) in [5, 5.41) is 1.58. The van der Waals surface area contributed by atoms with Gasteiger partial charge >= 0.3 is 0 Å². The highest BCUT2D eigenvalue weighted by Gasteiger charge is 2.16. The first-order valence-corrected chi connectivity index (χ1v) is 10.4. The van der Waals surface area contributed by atoms with Gasteiger partial charge < -0.3 is 4.74 Å². The fourth-order valence-electron chi connectivity index (χ4n) is 3.59. The SMILES string of the molecule is c1cncc(-c2nc(Oc3nc(-c4cccnc4)nc4ccccc34)c3ccccc3n2)c1. The molecule has 4 aromatic heterocycles. The molecular formula is C26H16N6O. The molecule has 0 saturated heterocycles. The smallest absolute Gasteiger partial charge is 0.232 e. The Labute approximate surface area is 188 Å². The Morgan fingerprint density at radius 3 is 1.42 bits per heavy atom. The van der Waals surface area contributed by atoms with E-state index in [4.69, 9.17) is 24.7 Å². The van der Waals surface area contributed by atoms with Crippen LogP contribution in [0.15, 0.2) is 97.6 Å². The van der Waals surface area contributed by atoms with Crippen LogP contribution in [0.25, 0.3) is 44.6 Å². The number of pyridine rings is 2. The maximum absolute atomic E-state index is 6.39. The minimum Gasteiger partial charge on any atom is -0.419 e. The fourth-order valence-corrected chi connectivity index (χ4v) is 3.59. The summed E-state index contributed by atoms with van der Waals surface area (Å²) in [4.78, 5) is 27.3. The standard InChI is InChI=1S/C26H16N6O/c1-3-11-21-19(9-1)25(31-23(29-21)17-7-5-13-27-15-17)33-26-20-10-2-4-12-22(20)30-24(32-26)18-8-6-14-28-16-18/h1-16H. The molecule has 0 N–H and O–H groups in total. The molecular weight excluding hydrogens is 412 g/mol. The van der Waals surface area contributed by atoms with Crippen LogP contribution < -0.4 is 4.74 Å². The number of hydrogen-bond acceptors (Lipinski definition) is 7. The normalized spacial score (nSPS) is 11.0. The summed E-state index contributed by atoms with van der Waals surface area (Å²) in [6.07, 6.45) is 6.90. The van der Waals surface area contributed by atoms with Crippen molar-refractivity contribution in [3.63, 3.8) is 0 Å². The second-order valence-electron chi connectivity index (χ2n) is 7.32. The fraction of sp³-hybridized carbons (Fsp3) is 0. The van der Waals surface area contributed by atoms with Crippen molar-refractivity contribution in [2.45, 2.75) is 0 Å². The summed E-state index contributed by atoms with van der Waals surface area (Å²) < 4.78 is 6.39. The maximum Gasteiger partial charge on any atom is 0.232 e. The Kier molecular flexibility index (Phi) is 4.62. The number of rotatable bonds is 4. The van der Waals surface area contributed by atoms with Gasteiger partial charge in [-0.2, -0.15) is 9.97 Å². The molecule has 7 nitrogen and oxygen atoms in total. The largest absolute Gasteiger partial charge is 0.419 e. The molecule has 0 aliphatic rings. The highest BCUT2D eigenvalue weighted by atomic mass is 16.5. The van der Waals surface area contributed by atoms with Crippen molar-refractivity contribution < 1.29 is 4.74 Å². The van der Waals surface area contributed by atoms with Gasteiger partial charge in [-0.25, -0.2) is 9.97 Å². The van der Waals surface area contributed by atoms with E-state index in [1.807, 2.05) is 72.8 Å². The number of aromatic nitrogens is 6.